The molecule has 2 aliphatic rings. The van der Waals surface area contributed by atoms with Crippen LogP contribution in [-0.2, 0) is 14.6 Å². The van der Waals surface area contributed by atoms with Crippen LogP contribution in [0.4, 0.5) is 0 Å². The third kappa shape index (κ3) is 4.61. The molecule has 1 N–H and O–H groups in total. The Morgan fingerprint density at radius 3 is 2.53 bits per heavy atom. The van der Waals surface area contributed by atoms with Crippen molar-refractivity contribution in [2.45, 2.75) is 32.2 Å². The first-order valence-corrected chi connectivity index (χ1v) is 8.55. The van der Waals surface area contributed by atoms with Crippen molar-refractivity contribution in [2.75, 3.05) is 31.6 Å². The molecule has 7 heteroatoms. The number of halogens is 1. The molecule has 19 heavy (non-hydrogen) atoms. The van der Waals surface area contributed by atoms with Crippen LogP contribution in [0.2, 0.25) is 0 Å². The number of amides is 1. The van der Waals surface area contributed by atoms with Gasteiger partial charge < -0.3 is 10.2 Å². The average molecular weight is 311 g/mol. The van der Waals surface area contributed by atoms with E-state index < -0.39 is 9.84 Å². The van der Waals surface area contributed by atoms with E-state index in [9.17, 15) is 13.2 Å². The molecule has 0 bridgehead atoms. The molecule has 0 spiro atoms. The van der Waals surface area contributed by atoms with E-state index in [4.69, 9.17) is 0 Å². The molecule has 2 rings (SSSR count). The first-order chi connectivity index (χ1) is 8.31. The van der Waals surface area contributed by atoms with Gasteiger partial charge in [0.2, 0.25) is 5.91 Å². The maximum atomic E-state index is 12.3. The SMILES string of the molecule is C[C@H]1CNCCN1C(=O)CC1(CS(C)(=O)=O)CC1.Cl. The summed E-state index contributed by atoms with van der Waals surface area (Å²) in [6.45, 7) is 4.41. The monoisotopic (exact) mass is 310 g/mol. The zero-order chi connectivity index (χ0) is 13.4. The fourth-order valence-corrected chi connectivity index (χ4v) is 4.24. The van der Waals surface area contributed by atoms with Crippen LogP contribution in [0.1, 0.15) is 26.2 Å². The maximum Gasteiger partial charge on any atom is 0.223 e. The third-order valence-corrected chi connectivity index (χ3v) is 5.01. The number of hydrogen-bond donors (Lipinski definition) is 1. The van der Waals surface area contributed by atoms with Gasteiger partial charge in [0.15, 0.2) is 0 Å². The highest BCUT2D eigenvalue weighted by Gasteiger charge is 2.47. The van der Waals surface area contributed by atoms with Crippen molar-refractivity contribution in [3.8, 4) is 0 Å². The van der Waals surface area contributed by atoms with Crippen molar-refractivity contribution >= 4 is 28.2 Å². The second kappa shape index (κ2) is 5.97. The molecule has 0 aromatic carbocycles. The van der Waals surface area contributed by atoms with E-state index in [0.29, 0.717) is 6.42 Å². The van der Waals surface area contributed by atoms with Crippen molar-refractivity contribution in [3.05, 3.63) is 0 Å². The summed E-state index contributed by atoms with van der Waals surface area (Å²) in [6, 6.07) is 0.209. The zero-order valence-corrected chi connectivity index (χ0v) is 13.1. The summed E-state index contributed by atoms with van der Waals surface area (Å²) in [5.41, 5.74) is -0.255. The van der Waals surface area contributed by atoms with E-state index in [2.05, 4.69) is 5.32 Å². The van der Waals surface area contributed by atoms with E-state index >= 15 is 0 Å². The topological polar surface area (TPSA) is 66.5 Å². The normalized spacial score (nSPS) is 25.6. The molecule has 0 aromatic rings. The van der Waals surface area contributed by atoms with Crippen molar-refractivity contribution < 1.29 is 13.2 Å². The Balaban J connectivity index is 0.00000180. The molecule has 0 radical (unpaired) electrons. The van der Waals surface area contributed by atoms with Crippen LogP contribution in [0.25, 0.3) is 0 Å². The van der Waals surface area contributed by atoms with Crippen LogP contribution >= 0.6 is 12.4 Å². The van der Waals surface area contributed by atoms with E-state index in [0.717, 1.165) is 32.5 Å². The van der Waals surface area contributed by atoms with Crippen LogP contribution in [0.15, 0.2) is 0 Å². The fourth-order valence-electron chi connectivity index (χ4n) is 2.74. The second-order valence-corrected chi connectivity index (χ2v) is 8.03. The molecule has 2 fully saturated rings. The summed E-state index contributed by atoms with van der Waals surface area (Å²) >= 11 is 0. The Morgan fingerprint density at radius 2 is 2.05 bits per heavy atom. The van der Waals surface area contributed by atoms with Crippen LogP contribution in [0, 0.1) is 5.41 Å². The summed E-state index contributed by atoms with van der Waals surface area (Å²) in [6.07, 6.45) is 3.38. The fraction of sp³-hybridized carbons (Fsp3) is 0.917. The predicted molar refractivity (Wildman–Crippen MR) is 77.3 cm³/mol. The highest BCUT2D eigenvalue weighted by atomic mass is 35.5. The molecular formula is C12H23ClN2O3S. The molecule has 1 saturated heterocycles. The number of sulfone groups is 1. The number of nitrogens with one attached hydrogen (secondary N) is 1. The van der Waals surface area contributed by atoms with E-state index in [-0.39, 0.29) is 35.5 Å². The minimum absolute atomic E-state index is 0. The molecule has 1 saturated carbocycles. The number of nitrogens with zero attached hydrogens (tertiary/aromatic N) is 1. The van der Waals surface area contributed by atoms with Gasteiger partial charge in [0, 0.05) is 38.4 Å². The molecule has 1 heterocycles. The summed E-state index contributed by atoms with van der Waals surface area (Å²) in [5, 5.41) is 3.25. The van der Waals surface area contributed by atoms with Gasteiger partial charge in [-0.25, -0.2) is 8.42 Å². The van der Waals surface area contributed by atoms with Gasteiger partial charge in [-0.1, -0.05) is 0 Å². The average Bonchev–Trinajstić information content (AvgIpc) is 2.95. The molecular weight excluding hydrogens is 288 g/mol. The van der Waals surface area contributed by atoms with Crippen LogP contribution in [-0.4, -0.2) is 56.9 Å². The lowest BCUT2D eigenvalue weighted by Crippen LogP contribution is -2.52. The Hall–Kier alpha value is -0.330. The first kappa shape index (κ1) is 16.7. The molecule has 1 aliphatic carbocycles. The smallest absolute Gasteiger partial charge is 0.223 e. The quantitative estimate of drug-likeness (QED) is 0.818. The van der Waals surface area contributed by atoms with Crippen molar-refractivity contribution in [2.24, 2.45) is 5.41 Å². The molecule has 1 atom stereocenters. The maximum absolute atomic E-state index is 12.3. The van der Waals surface area contributed by atoms with E-state index in [1.165, 1.54) is 6.26 Å². The highest BCUT2D eigenvalue weighted by Crippen LogP contribution is 2.50. The third-order valence-electron chi connectivity index (χ3n) is 3.87. The van der Waals surface area contributed by atoms with Crippen LogP contribution < -0.4 is 5.32 Å². The van der Waals surface area contributed by atoms with Gasteiger partial charge in [-0.05, 0) is 25.2 Å². The van der Waals surface area contributed by atoms with Crippen molar-refractivity contribution in [1.29, 1.82) is 0 Å². The summed E-state index contributed by atoms with van der Waals surface area (Å²) in [7, 11) is -2.99. The molecule has 0 unspecified atom stereocenters. The minimum Gasteiger partial charge on any atom is -0.337 e. The Kier molecular flexibility index (Phi) is 5.26. The Bertz CT molecular complexity index is 434. The van der Waals surface area contributed by atoms with Gasteiger partial charge in [0.1, 0.15) is 9.84 Å². The minimum atomic E-state index is -2.99. The summed E-state index contributed by atoms with van der Waals surface area (Å²) in [4.78, 5) is 14.1. The van der Waals surface area contributed by atoms with Gasteiger partial charge in [-0.3, -0.25) is 4.79 Å². The van der Waals surface area contributed by atoms with E-state index in [1.807, 2.05) is 11.8 Å². The first-order valence-electron chi connectivity index (χ1n) is 6.49. The molecule has 5 nitrogen and oxygen atoms in total. The number of carbonyl (C=O) groups is 1. The standard InChI is InChI=1S/C12H22N2O3S.ClH/c1-10-8-13-5-6-14(10)11(15)7-12(3-4-12)9-18(2,16)17;/h10,13H,3-9H2,1-2H3;1H/t10-;/m0./s1. The molecule has 1 amide bonds. The zero-order valence-electron chi connectivity index (χ0n) is 11.5. The van der Waals surface area contributed by atoms with Gasteiger partial charge in [-0.2, -0.15) is 0 Å². The second-order valence-electron chi connectivity index (χ2n) is 5.89. The van der Waals surface area contributed by atoms with Crippen molar-refractivity contribution in [3.63, 3.8) is 0 Å². The van der Waals surface area contributed by atoms with Gasteiger partial charge in [0.25, 0.3) is 0 Å². The highest BCUT2D eigenvalue weighted by molar-refractivity contribution is 7.90. The molecule has 1 aliphatic heterocycles. The van der Waals surface area contributed by atoms with E-state index in [1.54, 1.807) is 0 Å². The lowest BCUT2D eigenvalue weighted by atomic mass is 10.0. The number of carbonyl (C=O) groups excluding carboxylic acids is 1. The summed E-state index contributed by atoms with van der Waals surface area (Å²) in [5.74, 6) is 0.275. The number of hydrogen-bond acceptors (Lipinski definition) is 4. The largest absolute Gasteiger partial charge is 0.337 e. The Morgan fingerprint density at radius 1 is 1.42 bits per heavy atom. The Labute approximate surface area is 121 Å². The van der Waals surface area contributed by atoms with Crippen molar-refractivity contribution in [1.82, 2.24) is 10.2 Å². The lowest BCUT2D eigenvalue weighted by molar-refractivity contribution is -0.135. The molecule has 0 aromatic heterocycles. The van der Waals surface area contributed by atoms with Gasteiger partial charge in [0.05, 0.1) is 5.75 Å². The number of rotatable bonds is 4. The van der Waals surface area contributed by atoms with Gasteiger partial charge in [-0.15, -0.1) is 12.4 Å². The van der Waals surface area contributed by atoms with Crippen LogP contribution in [0.3, 0.4) is 0 Å². The number of piperazine rings is 1. The predicted octanol–water partition coefficient (Wildman–Crippen LogP) is 0.443. The molecule has 112 valence electrons. The van der Waals surface area contributed by atoms with Crippen LogP contribution in [0.5, 0.6) is 0 Å². The lowest BCUT2D eigenvalue weighted by Gasteiger charge is -2.35. The van der Waals surface area contributed by atoms with Gasteiger partial charge >= 0.3 is 0 Å². The summed E-state index contributed by atoms with van der Waals surface area (Å²) < 4.78 is 22.7.